The number of aliphatic hydroxyl groups is 1. The smallest absolute Gasteiger partial charge is 0.219 e. The summed E-state index contributed by atoms with van der Waals surface area (Å²) in [5.74, 6) is -0.688. The number of nitrogens with zero attached hydrogens (tertiary/aromatic N) is 1. The molecule has 1 N–H and O–H groups in total. The van der Waals surface area contributed by atoms with Crippen LogP contribution in [-0.4, -0.2) is 10.1 Å². The molecule has 0 aliphatic carbocycles. The van der Waals surface area contributed by atoms with Gasteiger partial charge in [-0.1, -0.05) is 11.6 Å². The molecule has 0 radical (unpaired) electrons. The molecule has 4 heteroatoms. The van der Waals surface area contributed by atoms with E-state index in [9.17, 15) is 9.50 Å². The number of hydrogen-bond donors (Lipinski definition) is 1. The summed E-state index contributed by atoms with van der Waals surface area (Å²) in [6.07, 6.45) is 1.20. The number of rotatable bonds is 1. The third-order valence-corrected chi connectivity index (χ3v) is 1.67. The van der Waals surface area contributed by atoms with Crippen LogP contribution in [0.15, 0.2) is 12.3 Å². The summed E-state index contributed by atoms with van der Waals surface area (Å²) in [5, 5.41) is 9.77. The van der Waals surface area contributed by atoms with E-state index in [2.05, 4.69) is 4.98 Å². The Morgan fingerprint density at radius 1 is 1.58 bits per heavy atom. The Hall–Kier alpha value is -0.670. The lowest BCUT2D eigenvalue weighted by molar-refractivity contribution is 0.0736. The minimum Gasteiger partial charge on any atom is -0.386 e. The molecule has 0 aromatic carbocycles. The maximum absolute atomic E-state index is 12.9. The van der Waals surface area contributed by atoms with Gasteiger partial charge in [0.25, 0.3) is 0 Å². The molecule has 0 atom stereocenters. The van der Waals surface area contributed by atoms with Gasteiger partial charge in [0.15, 0.2) is 0 Å². The van der Waals surface area contributed by atoms with Gasteiger partial charge in [0.2, 0.25) is 5.95 Å². The predicted molar refractivity (Wildman–Crippen MR) is 44.4 cm³/mol. The lowest BCUT2D eigenvalue weighted by Crippen LogP contribution is -2.18. The van der Waals surface area contributed by atoms with Gasteiger partial charge in [0.05, 0.1) is 10.6 Å². The molecule has 0 saturated heterocycles. The molecule has 2 nitrogen and oxygen atoms in total. The number of hydrogen-bond acceptors (Lipinski definition) is 2. The average molecular weight is 190 g/mol. The van der Waals surface area contributed by atoms with Crippen LogP contribution in [0.1, 0.15) is 19.4 Å². The standard InChI is InChI=1S/C8H9ClFNO/c1-8(2,12)6-3-5(9)4-11-7(6)10/h3-4,12H,1-2H3. The van der Waals surface area contributed by atoms with Crippen LogP contribution in [-0.2, 0) is 5.60 Å². The lowest BCUT2D eigenvalue weighted by Gasteiger charge is -2.17. The maximum Gasteiger partial charge on any atom is 0.219 e. The van der Waals surface area contributed by atoms with Gasteiger partial charge in [0.1, 0.15) is 0 Å². The second-order valence-electron chi connectivity index (χ2n) is 3.05. The molecule has 1 aromatic rings. The summed E-state index contributed by atoms with van der Waals surface area (Å²) < 4.78 is 12.9. The quantitative estimate of drug-likeness (QED) is 0.687. The molecule has 1 heterocycles. The van der Waals surface area contributed by atoms with Crippen LogP contribution < -0.4 is 0 Å². The van der Waals surface area contributed by atoms with Crippen molar-refractivity contribution in [3.8, 4) is 0 Å². The van der Waals surface area contributed by atoms with Crippen molar-refractivity contribution in [2.24, 2.45) is 0 Å². The van der Waals surface area contributed by atoms with Gasteiger partial charge in [0, 0.05) is 11.8 Å². The van der Waals surface area contributed by atoms with E-state index >= 15 is 0 Å². The molecule has 0 amide bonds. The highest BCUT2D eigenvalue weighted by molar-refractivity contribution is 6.30. The fourth-order valence-electron chi connectivity index (χ4n) is 0.852. The van der Waals surface area contributed by atoms with Gasteiger partial charge < -0.3 is 5.11 Å². The summed E-state index contributed by atoms with van der Waals surface area (Å²) in [4.78, 5) is 3.39. The highest BCUT2D eigenvalue weighted by Crippen LogP contribution is 2.23. The fraction of sp³-hybridized carbons (Fsp3) is 0.375. The molecule has 66 valence electrons. The zero-order valence-corrected chi connectivity index (χ0v) is 7.56. The van der Waals surface area contributed by atoms with E-state index < -0.39 is 11.5 Å². The van der Waals surface area contributed by atoms with Crippen molar-refractivity contribution in [2.45, 2.75) is 19.4 Å². The minimum atomic E-state index is -1.25. The summed E-state index contributed by atoms with van der Waals surface area (Å²) in [6.45, 7) is 2.95. The molecular weight excluding hydrogens is 181 g/mol. The van der Waals surface area contributed by atoms with Crippen LogP contribution in [0.3, 0.4) is 0 Å². The molecule has 1 rings (SSSR count). The fourth-order valence-corrected chi connectivity index (χ4v) is 1.01. The maximum atomic E-state index is 12.9. The first kappa shape index (κ1) is 9.42. The van der Waals surface area contributed by atoms with Crippen LogP contribution in [0.25, 0.3) is 0 Å². The van der Waals surface area contributed by atoms with Crippen LogP contribution in [0.5, 0.6) is 0 Å². The summed E-state index contributed by atoms with van der Waals surface area (Å²) in [6, 6.07) is 1.36. The van der Waals surface area contributed by atoms with Crippen molar-refractivity contribution in [1.82, 2.24) is 4.98 Å². The van der Waals surface area contributed by atoms with Gasteiger partial charge in [-0.15, -0.1) is 0 Å². The average Bonchev–Trinajstić information content (AvgIpc) is 1.92. The SMILES string of the molecule is CC(C)(O)c1cc(Cl)cnc1F. The number of aromatic nitrogens is 1. The van der Waals surface area contributed by atoms with Gasteiger partial charge >= 0.3 is 0 Å². The minimum absolute atomic E-state index is 0.106. The van der Waals surface area contributed by atoms with E-state index in [1.54, 1.807) is 0 Å². The first-order valence-corrected chi connectivity index (χ1v) is 3.83. The summed E-state index contributed by atoms with van der Waals surface area (Å²) >= 11 is 5.58. The predicted octanol–water partition coefficient (Wildman–Crippen LogP) is 2.10. The molecular formula is C8H9ClFNO. The molecule has 0 unspecified atom stereocenters. The lowest BCUT2D eigenvalue weighted by atomic mass is 10.0. The third kappa shape index (κ3) is 1.93. The highest BCUT2D eigenvalue weighted by Gasteiger charge is 2.21. The summed E-state index contributed by atoms with van der Waals surface area (Å²) in [5.41, 5.74) is -1.14. The van der Waals surface area contributed by atoms with Crippen molar-refractivity contribution in [1.29, 1.82) is 0 Å². The van der Waals surface area contributed by atoms with E-state index in [1.165, 1.54) is 26.1 Å². The van der Waals surface area contributed by atoms with E-state index in [0.717, 1.165) is 0 Å². The van der Waals surface area contributed by atoms with Crippen LogP contribution in [0.4, 0.5) is 4.39 Å². The molecule has 0 spiro atoms. The molecule has 0 saturated carbocycles. The normalized spacial score (nSPS) is 11.8. The van der Waals surface area contributed by atoms with Gasteiger partial charge in [-0.2, -0.15) is 4.39 Å². The highest BCUT2D eigenvalue weighted by atomic mass is 35.5. The Bertz CT molecular complexity index is 296. The van der Waals surface area contributed by atoms with E-state index in [1.807, 2.05) is 0 Å². The zero-order valence-electron chi connectivity index (χ0n) is 6.81. The second-order valence-corrected chi connectivity index (χ2v) is 3.49. The van der Waals surface area contributed by atoms with Crippen LogP contribution in [0.2, 0.25) is 5.02 Å². The van der Waals surface area contributed by atoms with Crippen molar-refractivity contribution >= 4 is 11.6 Å². The largest absolute Gasteiger partial charge is 0.386 e. The number of halogens is 2. The van der Waals surface area contributed by atoms with E-state index in [4.69, 9.17) is 11.6 Å². The first-order valence-electron chi connectivity index (χ1n) is 3.45. The zero-order chi connectivity index (χ0) is 9.35. The summed E-state index contributed by atoms with van der Waals surface area (Å²) in [7, 11) is 0. The van der Waals surface area contributed by atoms with Crippen molar-refractivity contribution < 1.29 is 9.50 Å². The Labute approximate surface area is 75.0 Å². The third-order valence-electron chi connectivity index (χ3n) is 1.46. The Kier molecular flexibility index (Phi) is 2.35. The topological polar surface area (TPSA) is 33.1 Å². The van der Waals surface area contributed by atoms with E-state index in [-0.39, 0.29) is 5.56 Å². The molecule has 0 fully saturated rings. The van der Waals surface area contributed by atoms with Gasteiger partial charge in [-0.3, -0.25) is 0 Å². The molecule has 12 heavy (non-hydrogen) atoms. The first-order chi connectivity index (χ1) is 5.41. The van der Waals surface area contributed by atoms with Crippen LogP contribution in [0, 0.1) is 5.95 Å². The van der Waals surface area contributed by atoms with Crippen molar-refractivity contribution in [3.63, 3.8) is 0 Å². The Balaban J connectivity index is 3.23. The van der Waals surface area contributed by atoms with Gasteiger partial charge in [-0.05, 0) is 19.9 Å². The molecule has 0 aliphatic rings. The second kappa shape index (κ2) is 2.99. The van der Waals surface area contributed by atoms with Crippen LogP contribution >= 0.6 is 11.6 Å². The van der Waals surface area contributed by atoms with Crippen molar-refractivity contribution in [2.75, 3.05) is 0 Å². The molecule has 0 aliphatic heterocycles. The molecule has 1 aromatic heterocycles. The Morgan fingerprint density at radius 2 is 2.17 bits per heavy atom. The van der Waals surface area contributed by atoms with Gasteiger partial charge in [-0.25, -0.2) is 4.98 Å². The van der Waals surface area contributed by atoms with Crippen molar-refractivity contribution in [3.05, 3.63) is 28.8 Å². The molecule has 0 bridgehead atoms. The Morgan fingerprint density at radius 3 is 2.58 bits per heavy atom. The number of pyridine rings is 1. The van der Waals surface area contributed by atoms with E-state index in [0.29, 0.717) is 5.02 Å². The monoisotopic (exact) mass is 189 g/mol.